The molecule has 4 heteroatoms. The Morgan fingerprint density at radius 1 is 1.28 bits per heavy atom. The molecule has 98 valence electrons. The predicted molar refractivity (Wildman–Crippen MR) is 73.1 cm³/mol. The summed E-state index contributed by atoms with van der Waals surface area (Å²) in [5.41, 5.74) is 0.192. The maximum Gasteiger partial charge on any atom is 0.130 e. The molecule has 4 nitrogen and oxygen atoms in total. The van der Waals surface area contributed by atoms with E-state index in [0.717, 1.165) is 44.2 Å². The van der Waals surface area contributed by atoms with E-state index >= 15 is 0 Å². The fraction of sp³-hybridized carbons (Fsp3) is 0.643. The molecule has 2 aliphatic heterocycles. The summed E-state index contributed by atoms with van der Waals surface area (Å²) in [4.78, 5) is 6.97. The lowest BCUT2D eigenvalue weighted by Gasteiger charge is -2.39. The maximum absolute atomic E-state index is 5.95. The van der Waals surface area contributed by atoms with Gasteiger partial charge in [-0.1, -0.05) is 6.07 Å². The van der Waals surface area contributed by atoms with Crippen LogP contribution in [0.2, 0.25) is 0 Å². The van der Waals surface area contributed by atoms with Crippen LogP contribution in [0.1, 0.15) is 25.7 Å². The summed E-state index contributed by atoms with van der Waals surface area (Å²) in [6.45, 7) is 3.06. The van der Waals surface area contributed by atoms with Crippen LogP contribution in [-0.2, 0) is 4.74 Å². The van der Waals surface area contributed by atoms with E-state index in [-0.39, 0.29) is 5.60 Å². The van der Waals surface area contributed by atoms with E-state index in [4.69, 9.17) is 4.74 Å². The average Bonchev–Trinajstić information content (AvgIpc) is 2.88. The number of ether oxygens (including phenoxy) is 1. The van der Waals surface area contributed by atoms with Crippen molar-refractivity contribution in [3.05, 3.63) is 18.2 Å². The molecule has 0 radical (unpaired) electrons. The van der Waals surface area contributed by atoms with E-state index in [1.807, 2.05) is 13.1 Å². The quantitative estimate of drug-likeness (QED) is 0.870. The van der Waals surface area contributed by atoms with E-state index in [2.05, 4.69) is 27.3 Å². The number of pyridine rings is 1. The third-order valence-corrected chi connectivity index (χ3v) is 4.17. The van der Waals surface area contributed by atoms with Crippen molar-refractivity contribution < 1.29 is 4.74 Å². The summed E-state index contributed by atoms with van der Waals surface area (Å²) in [7, 11) is 1.91. The van der Waals surface area contributed by atoms with Crippen molar-refractivity contribution in [2.45, 2.75) is 31.3 Å². The van der Waals surface area contributed by atoms with Crippen LogP contribution in [-0.4, -0.2) is 37.3 Å². The van der Waals surface area contributed by atoms with Crippen molar-refractivity contribution in [1.82, 2.24) is 4.98 Å². The zero-order valence-corrected chi connectivity index (χ0v) is 11.0. The standard InChI is InChI=1S/C14H21N3O/c1-15-12-4-2-5-13(16-12)17-9-7-14(8-10-17)6-3-11-18-14/h2,4-5H,3,6-11H2,1H3,(H,15,16). The molecule has 1 aromatic heterocycles. The molecular weight excluding hydrogens is 226 g/mol. The first-order valence-corrected chi connectivity index (χ1v) is 6.85. The lowest BCUT2D eigenvalue weighted by atomic mass is 9.89. The van der Waals surface area contributed by atoms with Crippen LogP contribution >= 0.6 is 0 Å². The van der Waals surface area contributed by atoms with Crippen LogP contribution in [0.3, 0.4) is 0 Å². The number of rotatable bonds is 2. The highest BCUT2D eigenvalue weighted by Crippen LogP contribution is 2.36. The second kappa shape index (κ2) is 4.76. The van der Waals surface area contributed by atoms with Crippen molar-refractivity contribution in [2.24, 2.45) is 0 Å². The largest absolute Gasteiger partial charge is 0.375 e. The highest BCUT2D eigenvalue weighted by atomic mass is 16.5. The Balaban J connectivity index is 1.68. The molecule has 0 unspecified atom stereocenters. The van der Waals surface area contributed by atoms with Gasteiger partial charge in [-0.15, -0.1) is 0 Å². The van der Waals surface area contributed by atoms with Crippen molar-refractivity contribution in [1.29, 1.82) is 0 Å². The van der Waals surface area contributed by atoms with Gasteiger partial charge in [-0.3, -0.25) is 0 Å². The molecular formula is C14H21N3O. The SMILES string of the molecule is CNc1cccc(N2CCC3(CCCO3)CC2)n1. The normalized spacial score (nSPS) is 22.4. The molecule has 0 atom stereocenters. The average molecular weight is 247 g/mol. The first kappa shape index (κ1) is 11.8. The Morgan fingerprint density at radius 3 is 2.78 bits per heavy atom. The van der Waals surface area contributed by atoms with Gasteiger partial charge in [0.05, 0.1) is 5.60 Å². The van der Waals surface area contributed by atoms with Gasteiger partial charge in [0.15, 0.2) is 0 Å². The Morgan fingerprint density at radius 2 is 2.11 bits per heavy atom. The van der Waals surface area contributed by atoms with Crippen LogP contribution in [0.15, 0.2) is 18.2 Å². The molecule has 2 aliphatic rings. The van der Waals surface area contributed by atoms with Crippen molar-refractivity contribution in [3.8, 4) is 0 Å². The third-order valence-electron chi connectivity index (χ3n) is 4.17. The summed E-state index contributed by atoms with van der Waals surface area (Å²) >= 11 is 0. The smallest absolute Gasteiger partial charge is 0.130 e. The first-order valence-electron chi connectivity index (χ1n) is 6.85. The van der Waals surface area contributed by atoms with Crippen molar-refractivity contribution in [2.75, 3.05) is 37.0 Å². The molecule has 3 heterocycles. The van der Waals surface area contributed by atoms with Crippen LogP contribution < -0.4 is 10.2 Å². The van der Waals surface area contributed by atoms with Gasteiger partial charge in [-0.2, -0.15) is 0 Å². The third kappa shape index (κ3) is 2.17. The van der Waals surface area contributed by atoms with Crippen molar-refractivity contribution >= 4 is 11.6 Å². The Labute approximate surface area is 108 Å². The highest BCUT2D eigenvalue weighted by Gasteiger charge is 2.38. The molecule has 1 spiro atoms. The molecule has 0 saturated carbocycles. The molecule has 18 heavy (non-hydrogen) atoms. The lowest BCUT2D eigenvalue weighted by molar-refractivity contribution is -0.0146. The van der Waals surface area contributed by atoms with Gasteiger partial charge < -0.3 is 15.0 Å². The highest BCUT2D eigenvalue weighted by molar-refractivity contribution is 5.47. The van der Waals surface area contributed by atoms with Gasteiger partial charge >= 0.3 is 0 Å². The minimum atomic E-state index is 0.192. The second-order valence-electron chi connectivity index (χ2n) is 5.25. The number of anilines is 2. The minimum Gasteiger partial charge on any atom is -0.375 e. The summed E-state index contributed by atoms with van der Waals surface area (Å²) in [6, 6.07) is 6.15. The van der Waals surface area contributed by atoms with Gasteiger partial charge in [0.1, 0.15) is 11.6 Å². The molecule has 1 aromatic rings. The van der Waals surface area contributed by atoms with Crippen LogP contribution in [0.4, 0.5) is 11.6 Å². The number of hydrogen-bond donors (Lipinski definition) is 1. The van der Waals surface area contributed by atoms with Gasteiger partial charge in [0, 0.05) is 26.7 Å². The number of nitrogens with zero attached hydrogens (tertiary/aromatic N) is 2. The molecule has 1 N–H and O–H groups in total. The number of hydrogen-bond acceptors (Lipinski definition) is 4. The summed E-state index contributed by atoms with van der Waals surface area (Å²) in [5.74, 6) is 2.01. The predicted octanol–water partition coefficient (Wildman–Crippen LogP) is 2.27. The van der Waals surface area contributed by atoms with E-state index in [1.54, 1.807) is 0 Å². The van der Waals surface area contributed by atoms with Crippen LogP contribution in [0.25, 0.3) is 0 Å². The summed E-state index contributed by atoms with van der Waals surface area (Å²) < 4.78 is 5.95. The molecule has 2 fully saturated rings. The van der Waals surface area contributed by atoms with E-state index in [0.29, 0.717) is 0 Å². The number of piperidine rings is 1. The van der Waals surface area contributed by atoms with Crippen molar-refractivity contribution in [3.63, 3.8) is 0 Å². The van der Waals surface area contributed by atoms with Crippen LogP contribution in [0, 0.1) is 0 Å². The zero-order valence-electron chi connectivity index (χ0n) is 11.0. The van der Waals surface area contributed by atoms with Gasteiger partial charge in [-0.25, -0.2) is 4.98 Å². The lowest BCUT2D eigenvalue weighted by Crippen LogP contribution is -2.44. The molecule has 3 rings (SSSR count). The summed E-state index contributed by atoms with van der Waals surface area (Å²) in [5, 5.41) is 3.09. The first-order chi connectivity index (χ1) is 8.81. The molecule has 0 aromatic carbocycles. The molecule has 0 aliphatic carbocycles. The monoisotopic (exact) mass is 247 g/mol. The van der Waals surface area contributed by atoms with Crippen LogP contribution in [0.5, 0.6) is 0 Å². The Kier molecular flexibility index (Phi) is 3.12. The Hall–Kier alpha value is -1.29. The van der Waals surface area contributed by atoms with Gasteiger partial charge in [0.2, 0.25) is 0 Å². The van der Waals surface area contributed by atoms with E-state index in [1.165, 1.54) is 12.8 Å². The van der Waals surface area contributed by atoms with E-state index in [9.17, 15) is 0 Å². The second-order valence-corrected chi connectivity index (χ2v) is 5.25. The zero-order chi connectivity index (χ0) is 12.4. The molecule has 2 saturated heterocycles. The number of aromatic nitrogens is 1. The fourth-order valence-electron chi connectivity index (χ4n) is 3.03. The maximum atomic E-state index is 5.95. The van der Waals surface area contributed by atoms with Gasteiger partial charge in [0.25, 0.3) is 0 Å². The van der Waals surface area contributed by atoms with E-state index < -0.39 is 0 Å². The minimum absolute atomic E-state index is 0.192. The molecule has 0 amide bonds. The number of nitrogens with one attached hydrogen (secondary N) is 1. The summed E-state index contributed by atoms with van der Waals surface area (Å²) in [6.07, 6.45) is 4.75. The molecule has 0 bridgehead atoms. The fourth-order valence-corrected chi connectivity index (χ4v) is 3.03. The topological polar surface area (TPSA) is 37.4 Å². The van der Waals surface area contributed by atoms with Gasteiger partial charge in [-0.05, 0) is 37.8 Å². The Bertz CT molecular complexity index is 405.